The molecule has 1 N–H and O–H groups in total. The van der Waals surface area contributed by atoms with Crippen molar-refractivity contribution in [1.82, 2.24) is 5.32 Å². The SMILES string of the molecule is COc1ccc2c(c1)CCN2C(=O)NCC1CCC2(CCOC2)O1. The van der Waals surface area contributed by atoms with Crippen molar-refractivity contribution < 1.29 is 19.0 Å². The zero-order valence-electron chi connectivity index (χ0n) is 14.0. The van der Waals surface area contributed by atoms with Crippen molar-refractivity contribution in [3.63, 3.8) is 0 Å². The molecule has 0 aromatic heterocycles. The minimum absolute atomic E-state index is 0.0499. The van der Waals surface area contributed by atoms with E-state index >= 15 is 0 Å². The third-order valence-corrected chi connectivity index (χ3v) is 5.31. The first kappa shape index (κ1) is 15.7. The molecule has 130 valence electrons. The lowest BCUT2D eigenvalue weighted by Gasteiger charge is -2.23. The summed E-state index contributed by atoms with van der Waals surface area (Å²) in [6.07, 6.45) is 3.93. The Balaban J connectivity index is 1.33. The molecule has 2 fully saturated rings. The van der Waals surface area contributed by atoms with E-state index in [4.69, 9.17) is 14.2 Å². The van der Waals surface area contributed by atoms with Crippen LogP contribution >= 0.6 is 0 Å². The molecule has 2 amide bonds. The number of hydrogen-bond donors (Lipinski definition) is 1. The Hall–Kier alpha value is -1.79. The molecule has 1 aromatic carbocycles. The average Bonchev–Trinajstić information content (AvgIpc) is 3.33. The van der Waals surface area contributed by atoms with E-state index in [0.29, 0.717) is 19.7 Å². The maximum atomic E-state index is 12.5. The fourth-order valence-corrected chi connectivity index (χ4v) is 3.93. The Bertz CT molecular complexity index is 627. The molecule has 3 heterocycles. The Morgan fingerprint density at radius 3 is 3.17 bits per heavy atom. The molecular weight excluding hydrogens is 308 g/mol. The third kappa shape index (κ3) is 2.84. The minimum Gasteiger partial charge on any atom is -0.497 e. The van der Waals surface area contributed by atoms with E-state index in [1.807, 2.05) is 18.2 Å². The van der Waals surface area contributed by atoms with Crippen LogP contribution in [0, 0.1) is 0 Å². The van der Waals surface area contributed by atoms with Gasteiger partial charge in [0.15, 0.2) is 0 Å². The normalized spacial score (nSPS) is 28.4. The maximum Gasteiger partial charge on any atom is 0.321 e. The van der Waals surface area contributed by atoms with Gasteiger partial charge in [-0.2, -0.15) is 0 Å². The molecule has 2 unspecified atom stereocenters. The van der Waals surface area contributed by atoms with Crippen molar-refractivity contribution in [1.29, 1.82) is 0 Å². The molecule has 4 rings (SSSR count). The van der Waals surface area contributed by atoms with Crippen molar-refractivity contribution in [2.24, 2.45) is 0 Å². The maximum absolute atomic E-state index is 12.5. The Labute approximate surface area is 142 Å². The summed E-state index contributed by atoms with van der Waals surface area (Å²) in [5.41, 5.74) is 2.04. The zero-order valence-corrected chi connectivity index (χ0v) is 14.0. The molecule has 6 heteroatoms. The van der Waals surface area contributed by atoms with E-state index in [-0.39, 0.29) is 17.7 Å². The highest BCUT2D eigenvalue weighted by Crippen LogP contribution is 2.37. The second-order valence-corrected chi connectivity index (χ2v) is 6.85. The van der Waals surface area contributed by atoms with Crippen LogP contribution in [0.1, 0.15) is 24.8 Å². The van der Waals surface area contributed by atoms with Crippen LogP contribution in [-0.2, 0) is 15.9 Å². The molecule has 0 aliphatic carbocycles. The number of anilines is 1. The van der Waals surface area contributed by atoms with E-state index < -0.39 is 0 Å². The van der Waals surface area contributed by atoms with Gasteiger partial charge in [0.2, 0.25) is 0 Å². The lowest BCUT2D eigenvalue weighted by atomic mass is 9.99. The van der Waals surface area contributed by atoms with E-state index in [1.54, 1.807) is 12.0 Å². The van der Waals surface area contributed by atoms with Gasteiger partial charge in [0.1, 0.15) is 5.75 Å². The second-order valence-electron chi connectivity index (χ2n) is 6.85. The summed E-state index contributed by atoms with van der Waals surface area (Å²) < 4.78 is 16.9. The predicted molar refractivity (Wildman–Crippen MR) is 89.7 cm³/mol. The first-order valence-electron chi connectivity index (χ1n) is 8.67. The Morgan fingerprint density at radius 1 is 1.46 bits per heavy atom. The van der Waals surface area contributed by atoms with Crippen LogP contribution in [0.5, 0.6) is 5.75 Å². The minimum atomic E-state index is -0.0911. The summed E-state index contributed by atoms with van der Waals surface area (Å²) in [6.45, 7) is 2.74. The van der Waals surface area contributed by atoms with E-state index in [0.717, 1.165) is 49.3 Å². The molecule has 0 bridgehead atoms. The lowest BCUT2D eigenvalue weighted by molar-refractivity contribution is -0.0424. The number of hydrogen-bond acceptors (Lipinski definition) is 4. The van der Waals surface area contributed by atoms with Crippen LogP contribution in [0.25, 0.3) is 0 Å². The van der Waals surface area contributed by atoms with Gasteiger partial charge in [-0.1, -0.05) is 0 Å². The smallest absolute Gasteiger partial charge is 0.321 e. The van der Waals surface area contributed by atoms with Gasteiger partial charge < -0.3 is 19.5 Å². The van der Waals surface area contributed by atoms with Crippen LogP contribution in [0.3, 0.4) is 0 Å². The first-order chi connectivity index (χ1) is 11.7. The van der Waals surface area contributed by atoms with Crippen molar-refractivity contribution in [3.8, 4) is 5.75 Å². The number of rotatable bonds is 3. The third-order valence-electron chi connectivity index (χ3n) is 5.31. The summed E-state index contributed by atoms with van der Waals surface area (Å²) in [4.78, 5) is 14.3. The van der Waals surface area contributed by atoms with Crippen LogP contribution in [0.15, 0.2) is 18.2 Å². The second kappa shape index (κ2) is 6.26. The quantitative estimate of drug-likeness (QED) is 0.921. The predicted octanol–water partition coefficient (Wildman–Crippen LogP) is 2.11. The molecule has 2 saturated heterocycles. The van der Waals surface area contributed by atoms with Crippen molar-refractivity contribution in [3.05, 3.63) is 23.8 Å². The number of methoxy groups -OCH3 is 1. The van der Waals surface area contributed by atoms with Crippen LogP contribution in [-0.4, -0.2) is 51.1 Å². The fraction of sp³-hybridized carbons (Fsp3) is 0.611. The van der Waals surface area contributed by atoms with E-state index in [2.05, 4.69) is 5.32 Å². The van der Waals surface area contributed by atoms with Gasteiger partial charge in [0, 0.05) is 31.8 Å². The largest absolute Gasteiger partial charge is 0.497 e. The van der Waals surface area contributed by atoms with Gasteiger partial charge in [-0.3, -0.25) is 4.90 Å². The Kier molecular flexibility index (Phi) is 4.10. The lowest BCUT2D eigenvalue weighted by Crippen LogP contribution is -2.43. The number of ether oxygens (including phenoxy) is 3. The standard InChI is InChI=1S/C18H24N2O4/c1-22-14-2-3-16-13(10-14)5-8-20(16)17(21)19-11-15-4-6-18(24-15)7-9-23-12-18/h2-3,10,15H,4-9,11-12H2,1H3,(H,19,21). The van der Waals surface area contributed by atoms with Gasteiger partial charge in [-0.25, -0.2) is 4.79 Å². The van der Waals surface area contributed by atoms with Crippen LogP contribution < -0.4 is 15.0 Å². The molecule has 24 heavy (non-hydrogen) atoms. The number of nitrogens with one attached hydrogen (secondary N) is 1. The molecule has 1 spiro atoms. The van der Waals surface area contributed by atoms with Crippen LogP contribution in [0.2, 0.25) is 0 Å². The van der Waals surface area contributed by atoms with Gasteiger partial charge in [0.05, 0.1) is 25.4 Å². The topological polar surface area (TPSA) is 60.0 Å². The number of urea groups is 1. The van der Waals surface area contributed by atoms with Gasteiger partial charge >= 0.3 is 6.03 Å². The highest BCUT2D eigenvalue weighted by molar-refractivity contribution is 5.94. The highest BCUT2D eigenvalue weighted by atomic mass is 16.6. The molecule has 0 saturated carbocycles. The van der Waals surface area contributed by atoms with Gasteiger partial charge in [-0.05, 0) is 43.0 Å². The number of benzene rings is 1. The van der Waals surface area contributed by atoms with Gasteiger partial charge in [-0.15, -0.1) is 0 Å². The molecule has 0 radical (unpaired) electrons. The summed E-state index contributed by atoms with van der Waals surface area (Å²) in [7, 11) is 1.66. The summed E-state index contributed by atoms with van der Waals surface area (Å²) in [5, 5.41) is 3.03. The number of carbonyl (C=O) groups is 1. The summed E-state index contributed by atoms with van der Waals surface area (Å²) >= 11 is 0. The van der Waals surface area contributed by atoms with E-state index in [9.17, 15) is 4.79 Å². The van der Waals surface area contributed by atoms with E-state index in [1.165, 1.54) is 0 Å². The Morgan fingerprint density at radius 2 is 2.38 bits per heavy atom. The number of amides is 2. The summed E-state index contributed by atoms with van der Waals surface area (Å²) in [6, 6.07) is 5.81. The molecule has 2 atom stereocenters. The first-order valence-corrected chi connectivity index (χ1v) is 8.67. The average molecular weight is 332 g/mol. The number of fused-ring (bicyclic) bond motifs is 1. The van der Waals surface area contributed by atoms with Crippen molar-refractivity contribution >= 4 is 11.7 Å². The molecule has 3 aliphatic rings. The van der Waals surface area contributed by atoms with Crippen molar-refractivity contribution in [2.45, 2.75) is 37.4 Å². The molecule has 6 nitrogen and oxygen atoms in total. The fourth-order valence-electron chi connectivity index (χ4n) is 3.93. The summed E-state index contributed by atoms with van der Waals surface area (Å²) in [5.74, 6) is 0.833. The number of carbonyl (C=O) groups excluding carboxylic acids is 1. The number of nitrogens with zero attached hydrogens (tertiary/aromatic N) is 1. The zero-order chi connectivity index (χ0) is 16.6. The highest BCUT2D eigenvalue weighted by Gasteiger charge is 2.43. The molecule has 1 aromatic rings. The van der Waals surface area contributed by atoms with Gasteiger partial charge in [0.25, 0.3) is 0 Å². The molecular formula is C18H24N2O4. The van der Waals surface area contributed by atoms with Crippen molar-refractivity contribution in [2.75, 3.05) is 38.3 Å². The molecule has 3 aliphatic heterocycles. The monoisotopic (exact) mass is 332 g/mol. The van der Waals surface area contributed by atoms with Crippen LogP contribution in [0.4, 0.5) is 10.5 Å².